The molecule has 0 aliphatic rings. The molecule has 3 aromatic rings. The number of aromatic nitrogens is 3. The Morgan fingerprint density at radius 3 is 2.71 bits per heavy atom. The molecule has 0 unspecified atom stereocenters. The lowest BCUT2D eigenvalue weighted by Crippen LogP contribution is -2.35. The third-order valence-corrected chi connectivity index (χ3v) is 4.77. The van der Waals surface area contributed by atoms with Gasteiger partial charge in [0.2, 0.25) is 0 Å². The lowest BCUT2D eigenvalue weighted by atomic mass is 10.2. The topological polar surface area (TPSA) is 55.2 Å². The average molecular weight is 396 g/mol. The maximum atomic E-state index is 5.75. The fourth-order valence-corrected chi connectivity index (χ4v) is 3.20. The Balaban J connectivity index is 1.71. The molecule has 0 radical (unpaired) electrons. The summed E-state index contributed by atoms with van der Waals surface area (Å²) in [5.74, 6) is 0.773. The Morgan fingerprint density at radius 2 is 2.00 bits per heavy atom. The zero-order valence-corrected chi connectivity index (χ0v) is 17.0. The first kappa shape index (κ1) is 19.8. The molecule has 0 aliphatic carbocycles. The molecule has 0 bridgehead atoms. The van der Waals surface area contributed by atoms with Crippen molar-refractivity contribution in [2.24, 2.45) is 0 Å². The van der Waals surface area contributed by atoms with E-state index < -0.39 is 0 Å². The Labute approximate surface area is 171 Å². The highest BCUT2D eigenvalue weighted by atomic mass is 32.1. The quantitative estimate of drug-likeness (QED) is 0.584. The van der Waals surface area contributed by atoms with Gasteiger partial charge in [0.1, 0.15) is 5.75 Å². The number of hydrogen-bond donors (Lipinski definition) is 1. The summed E-state index contributed by atoms with van der Waals surface area (Å²) < 4.78 is 7.54. The second-order valence-electron chi connectivity index (χ2n) is 6.56. The number of imidazole rings is 1. The van der Waals surface area contributed by atoms with Gasteiger partial charge in [-0.05, 0) is 61.0 Å². The van der Waals surface area contributed by atoms with E-state index in [1.807, 2.05) is 49.8 Å². The number of hydrogen-bond acceptors (Lipinski definition) is 4. The highest BCUT2D eigenvalue weighted by Crippen LogP contribution is 2.25. The molecule has 0 spiro atoms. The van der Waals surface area contributed by atoms with Gasteiger partial charge in [0.15, 0.2) is 5.11 Å². The van der Waals surface area contributed by atoms with Crippen LogP contribution in [0.4, 0.5) is 5.69 Å². The second kappa shape index (κ2) is 9.85. The van der Waals surface area contributed by atoms with Crippen LogP contribution in [0.5, 0.6) is 5.75 Å². The van der Waals surface area contributed by atoms with Gasteiger partial charge in [-0.1, -0.05) is 6.07 Å². The number of ether oxygens (including phenoxy) is 1. The number of thiocarbonyl (C=S) groups is 1. The fraction of sp³-hybridized carbons (Fsp3) is 0.286. The maximum absolute atomic E-state index is 5.75. The van der Waals surface area contributed by atoms with Crippen molar-refractivity contribution < 1.29 is 4.74 Å². The molecule has 3 rings (SSSR count). The molecular formula is C21H25N5OS. The lowest BCUT2D eigenvalue weighted by molar-refractivity contribution is 0.395. The number of nitrogens with zero attached hydrogens (tertiary/aromatic N) is 4. The molecule has 6 nitrogen and oxygen atoms in total. The van der Waals surface area contributed by atoms with E-state index in [4.69, 9.17) is 17.0 Å². The molecule has 146 valence electrons. The van der Waals surface area contributed by atoms with E-state index in [1.54, 1.807) is 25.7 Å². The van der Waals surface area contributed by atoms with Crippen LogP contribution >= 0.6 is 12.2 Å². The third-order valence-electron chi connectivity index (χ3n) is 4.41. The summed E-state index contributed by atoms with van der Waals surface area (Å²) in [7, 11) is 1.67. The summed E-state index contributed by atoms with van der Waals surface area (Å²) in [6.07, 6.45) is 10.2. The monoisotopic (exact) mass is 395 g/mol. The first-order valence-corrected chi connectivity index (χ1v) is 9.62. The van der Waals surface area contributed by atoms with Gasteiger partial charge in [0, 0.05) is 44.4 Å². The molecule has 0 atom stereocenters. The highest BCUT2D eigenvalue weighted by Gasteiger charge is 2.13. The standard InChI is InChI=1S/C21H25N5OS/c1-17-4-5-20(27-2)19(14-17)24-21(28)26(15-18-6-8-22-9-7-18)12-3-11-25-13-10-23-16-25/h4-10,13-14,16H,3,11-12,15H2,1-2H3,(H,24,28). The summed E-state index contributed by atoms with van der Waals surface area (Å²) in [5, 5.41) is 4.04. The van der Waals surface area contributed by atoms with Crippen LogP contribution < -0.4 is 10.1 Å². The van der Waals surface area contributed by atoms with E-state index in [0.29, 0.717) is 11.7 Å². The zero-order valence-electron chi connectivity index (χ0n) is 16.2. The van der Waals surface area contributed by atoms with Crippen LogP contribution in [-0.4, -0.2) is 38.2 Å². The highest BCUT2D eigenvalue weighted by molar-refractivity contribution is 7.80. The van der Waals surface area contributed by atoms with Crippen molar-refractivity contribution in [3.8, 4) is 5.75 Å². The smallest absolute Gasteiger partial charge is 0.173 e. The van der Waals surface area contributed by atoms with E-state index in [2.05, 4.69) is 24.8 Å². The predicted octanol–water partition coefficient (Wildman–Crippen LogP) is 3.88. The summed E-state index contributed by atoms with van der Waals surface area (Å²) in [5.41, 5.74) is 3.19. The van der Waals surface area contributed by atoms with Gasteiger partial charge in [-0.3, -0.25) is 4.98 Å². The normalized spacial score (nSPS) is 10.5. The van der Waals surface area contributed by atoms with Crippen molar-refractivity contribution in [2.45, 2.75) is 26.4 Å². The minimum absolute atomic E-state index is 0.673. The summed E-state index contributed by atoms with van der Waals surface area (Å²) in [6.45, 7) is 4.48. The molecule has 0 saturated carbocycles. The molecule has 7 heteroatoms. The van der Waals surface area contributed by atoms with Crippen LogP contribution in [0.25, 0.3) is 0 Å². The number of benzene rings is 1. The lowest BCUT2D eigenvalue weighted by Gasteiger charge is -2.27. The zero-order chi connectivity index (χ0) is 19.8. The molecule has 2 aromatic heterocycles. The second-order valence-corrected chi connectivity index (χ2v) is 6.95. The Hall–Kier alpha value is -2.93. The van der Waals surface area contributed by atoms with Gasteiger partial charge in [-0.25, -0.2) is 4.98 Å². The molecule has 0 amide bonds. The van der Waals surface area contributed by atoms with Gasteiger partial charge in [0.05, 0.1) is 19.1 Å². The van der Waals surface area contributed by atoms with Crippen LogP contribution in [0.2, 0.25) is 0 Å². The Kier molecular flexibility index (Phi) is 6.97. The number of aryl methyl sites for hydroxylation is 2. The van der Waals surface area contributed by atoms with Gasteiger partial charge in [-0.2, -0.15) is 0 Å². The summed E-state index contributed by atoms with van der Waals surface area (Å²) in [6, 6.07) is 10.0. The molecule has 1 N–H and O–H groups in total. The largest absolute Gasteiger partial charge is 0.495 e. The maximum Gasteiger partial charge on any atom is 0.173 e. The van der Waals surface area contributed by atoms with Crippen LogP contribution in [-0.2, 0) is 13.1 Å². The van der Waals surface area contributed by atoms with Crippen molar-refractivity contribution in [3.63, 3.8) is 0 Å². The van der Waals surface area contributed by atoms with Gasteiger partial charge in [-0.15, -0.1) is 0 Å². The van der Waals surface area contributed by atoms with Gasteiger partial charge < -0.3 is 19.5 Å². The van der Waals surface area contributed by atoms with E-state index >= 15 is 0 Å². The number of rotatable bonds is 8. The third kappa shape index (κ3) is 5.53. The number of methoxy groups -OCH3 is 1. The molecule has 28 heavy (non-hydrogen) atoms. The fourth-order valence-electron chi connectivity index (χ4n) is 2.94. The molecule has 0 saturated heterocycles. The molecule has 2 heterocycles. The first-order valence-electron chi connectivity index (χ1n) is 9.21. The number of anilines is 1. The molecule has 0 aliphatic heterocycles. The van der Waals surface area contributed by atoms with Crippen molar-refractivity contribution in [2.75, 3.05) is 19.0 Å². The van der Waals surface area contributed by atoms with Crippen molar-refractivity contribution in [3.05, 3.63) is 72.6 Å². The van der Waals surface area contributed by atoms with Crippen molar-refractivity contribution in [1.29, 1.82) is 0 Å². The van der Waals surface area contributed by atoms with E-state index in [1.165, 1.54) is 0 Å². The molecular weight excluding hydrogens is 370 g/mol. The van der Waals surface area contributed by atoms with E-state index in [-0.39, 0.29) is 0 Å². The van der Waals surface area contributed by atoms with Crippen molar-refractivity contribution >= 4 is 23.0 Å². The Morgan fingerprint density at radius 1 is 1.18 bits per heavy atom. The van der Waals surface area contributed by atoms with E-state index in [0.717, 1.165) is 42.1 Å². The minimum atomic E-state index is 0.673. The Bertz CT molecular complexity index is 883. The van der Waals surface area contributed by atoms with Gasteiger partial charge >= 0.3 is 0 Å². The molecule has 1 aromatic carbocycles. The van der Waals surface area contributed by atoms with Crippen LogP contribution in [0.3, 0.4) is 0 Å². The number of pyridine rings is 1. The summed E-state index contributed by atoms with van der Waals surface area (Å²) >= 11 is 5.75. The predicted molar refractivity (Wildman–Crippen MR) is 115 cm³/mol. The molecule has 0 fully saturated rings. The van der Waals surface area contributed by atoms with Crippen molar-refractivity contribution in [1.82, 2.24) is 19.4 Å². The van der Waals surface area contributed by atoms with Crippen LogP contribution in [0.15, 0.2) is 61.4 Å². The number of nitrogens with one attached hydrogen (secondary N) is 1. The minimum Gasteiger partial charge on any atom is -0.495 e. The summed E-state index contributed by atoms with van der Waals surface area (Å²) in [4.78, 5) is 10.4. The van der Waals surface area contributed by atoms with Crippen LogP contribution in [0.1, 0.15) is 17.5 Å². The van der Waals surface area contributed by atoms with E-state index in [9.17, 15) is 0 Å². The average Bonchev–Trinajstić information content (AvgIpc) is 3.22. The van der Waals surface area contributed by atoms with Gasteiger partial charge in [0.25, 0.3) is 0 Å². The van der Waals surface area contributed by atoms with Crippen LogP contribution in [0, 0.1) is 6.92 Å². The SMILES string of the molecule is COc1ccc(C)cc1NC(=S)N(CCCn1ccnc1)Cc1ccncc1. The first-order chi connectivity index (χ1) is 13.7.